The smallest absolute Gasteiger partial charge is 0.227 e. The predicted molar refractivity (Wildman–Crippen MR) is 88.4 cm³/mol. The minimum absolute atomic E-state index is 0.0799. The number of ether oxygens (including phenoxy) is 2. The summed E-state index contributed by atoms with van der Waals surface area (Å²) in [5.41, 5.74) is 1.04. The number of carbonyl (C=O) groups is 1. The fourth-order valence-electron chi connectivity index (χ4n) is 2.63. The molecule has 1 unspecified atom stereocenters. The molecule has 3 rings (SSSR count). The van der Waals surface area contributed by atoms with E-state index in [4.69, 9.17) is 9.47 Å². The highest BCUT2D eigenvalue weighted by molar-refractivity contribution is 5.78. The molecule has 120 valence electrons. The largest absolute Gasteiger partial charge is 0.491 e. The Hall–Kier alpha value is -2.33. The summed E-state index contributed by atoms with van der Waals surface area (Å²) in [4.78, 5) is 14.3. The lowest BCUT2D eigenvalue weighted by molar-refractivity contribution is -0.139. The van der Waals surface area contributed by atoms with Crippen LogP contribution < -0.4 is 4.74 Å². The van der Waals surface area contributed by atoms with E-state index in [0.29, 0.717) is 32.7 Å². The van der Waals surface area contributed by atoms with E-state index in [0.717, 1.165) is 11.3 Å². The average molecular weight is 311 g/mol. The van der Waals surface area contributed by atoms with Gasteiger partial charge in [0.15, 0.2) is 0 Å². The first kappa shape index (κ1) is 15.6. The van der Waals surface area contributed by atoms with Gasteiger partial charge in [-0.05, 0) is 17.7 Å². The van der Waals surface area contributed by atoms with Gasteiger partial charge in [-0.25, -0.2) is 0 Å². The van der Waals surface area contributed by atoms with Crippen molar-refractivity contribution >= 4 is 5.91 Å². The van der Waals surface area contributed by atoms with Gasteiger partial charge in [0.25, 0.3) is 0 Å². The molecule has 0 radical (unpaired) electrons. The van der Waals surface area contributed by atoms with Crippen LogP contribution in [0, 0.1) is 0 Å². The number of para-hydroxylation sites is 1. The molecule has 1 aliphatic rings. The van der Waals surface area contributed by atoms with E-state index in [1.807, 2.05) is 65.6 Å². The van der Waals surface area contributed by atoms with E-state index < -0.39 is 0 Å². The maximum atomic E-state index is 12.4. The molecule has 2 aromatic rings. The topological polar surface area (TPSA) is 38.8 Å². The molecule has 0 saturated carbocycles. The monoisotopic (exact) mass is 311 g/mol. The Morgan fingerprint density at radius 3 is 2.52 bits per heavy atom. The van der Waals surface area contributed by atoms with Crippen molar-refractivity contribution in [1.29, 1.82) is 0 Å². The molecule has 0 N–H and O–H groups in total. The first-order valence-corrected chi connectivity index (χ1v) is 7.92. The van der Waals surface area contributed by atoms with Gasteiger partial charge in [0.2, 0.25) is 5.91 Å². The van der Waals surface area contributed by atoms with Crippen LogP contribution in [0.3, 0.4) is 0 Å². The number of nitrogens with zero attached hydrogens (tertiary/aromatic N) is 1. The second-order valence-corrected chi connectivity index (χ2v) is 5.62. The molecule has 0 spiro atoms. The Kier molecular flexibility index (Phi) is 5.27. The zero-order chi connectivity index (χ0) is 15.9. The molecule has 2 aromatic carbocycles. The molecule has 0 bridgehead atoms. The molecule has 1 saturated heterocycles. The Labute approximate surface area is 136 Å². The van der Waals surface area contributed by atoms with E-state index in [-0.39, 0.29) is 12.0 Å². The summed E-state index contributed by atoms with van der Waals surface area (Å²) in [6, 6.07) is 19.5. The van der Waals surface area contributed by atoms with Crippen LogP contribution >= 0.6 is 0 Å². The molecule has 4 nitrogen and oxygen atoms in total. The van der Waals surface area contributed by atoms with Crippen LogP contribution in [0.15, 0.2) is 60.7 Å². The Morgan fingerprint density at radius 1 is 1.09 bits per heavy atom. The first-order valence-electron chi connectivity index (χ1n) is 7.92. The zero-order valence-electron chi connectivity index (χ0n) is 13.1. The van der Waals surface area contributed by atoms with Gasteiger partial charge in [0, 0.05) is 6.54 Å². The highest BCUT2D eigenvalue weighted by Gasteiger charge is 2.24. The number of carbonyl (C=O) groups excluding carboxylic acids is 1. The summed E-state index contributed by atoms with van der Waals surface area (Å²) < 4.78 is 11.4. The van der Waals surface area contributed by atoms with Gasteiger partial charge in [-0.15, -0.1) is 0 Å². The van der Waals surface area contributed by atoms with Gasteiger partial charge in [-0.1, -0.05) is 48.5 Å². The quantitative estimate of drug-likeness (QED) is 0.852. The highest BCUT2D eigenvalue weighted by atomic mass is 16.5. The first-order chi connectivity index (χ1) is 11.3. The normalized spacial score (nSPS) is 17.7. The zero-order valence-corrected chi connectivity index (χ0v) is 13.1. The molecular weight excluding hydrogens is 290 g/mol. The van der Waals surface area contributed by atoms with Crippen molar-refractivity contribution in [1.82, 2.24) is 4.90 Å². The van der Waals surface area contributed by atoms with Crippen LogP contribution in [0.5, 0.6) is 5.75 Å². The van der Waals surface area contributed by atoms with Crippen LogP contribution in [0.2, 0.25) is 0 Å². The number of hydrogen-bond donors (Lipinski definition) is 0. The number of benzene rings is 2. The summed E-state index contributed by atoms with van der Waals surface area (Å²) in [5.74, 6) is 0.966. The molecule has 4 heteroatoms. The minimum atomic E-state index is -0.0799. The molecule has 1 fully saturated rings. The van der Waals surface area contributed by atoms with Gasteiger partial charge in [-0.2, -0.15) is 0 Å². The predicted octanol–water partition coefficient (Wildman–Crippen LogP) is 2.54. The standard InChI is InChI=1S/C19H21NO3/c21-19(13-16-7-3-1-4-8-16)20-11-12-22-18(14-20)15-23-17-9-5-2-6-10-17/h1-10,18H,11-15H2. The fraction of sp³-hybridized carbons (Fsp3) is 0.316. The van der Waals surface area contributed by atoms with Crippen molar-refractivity contribution < 1.29 is 14.3 Å². The van der Waals surface area contributed by atoms with Crippen molar-refractivity contribution in [3.8, 4) is 5.75 Å². The minimum Gasteiger partial charge on any atom is -0.491 e. The molecule has 0 aromatic heterocycles. The van der Waals surface area contributed by atoms with Gasteiger partial charge in [-0.3, -0.25) is 4.79 Å². The molecular formula is C19H21NO3. The van der Waals surface area contributed by atoms with Crippen LogP contribution in [-0.2, 0) is 16.0 Å². The fourth-order valence-corrected chi connectivity index (χ4v) is 2.63. The van der Waals surface area contributed by atoms with E-state index >= 15 is 0 Å². The Bertz CT molecular complexity index is 615. The molecule has 1 heterocycles. The maximum absolute atomic E-state index is 12.4. The summed E-state index contributed by atoms with van der Waals surface area (Å²) in [6.07, 6.45) is 0.358. The van der Waals surface area contributed by atoms with Crippen molar-refractivity contribution in [2.75, 3.05) is 26.3 Å². The lowest BCUT2D eigenvalue weighted by Gasteiger charge is -2.33. The number of hydrogen-bond acceptors (Lipinski definition) is 3. The maximum Gasteiger partial charge on any atom is 0.227 e. The van der Waals surface area contributed by atoms with Gasteiger partial charge in [0.05, 0.1) is 19.6 Å². The second kappa shape index (κ2) is 7.79. The van der Waals surface area contributed by atoms with Crippen LogP contribution in [0.1, 0.15) is 5.56 Å². The SMILES string of the molecule is O=C(Cc1ccccc1)N1CCOC(COc2ccccc2)C1. The highest BCUT2D eigenvalue weighted by Crippen LogP contribution is 2.13. The third kappa shape index (κ3) is 4.57. The second-order valence-electron chi connectivity index (χ2n) is 5.62. The van der Waals surface area contributed by atoms with Crippen LogP contribution in [0.25, 0.3) is 0 Å². The van der Waals surface area contributed by atoms with Crippen molar-refractivity contribution in [3.05, 3.63) is 66.2 Å². The molecule has 1 atom stereocenters. The van der Waals surface area contributed by atoms with Crippen molar-refractivity contribution in [2.45, 2.75) is 12.5 Å². The number of rotatable bonds is 5. The van der Waals surface area contributed by atoms with E-state index in [1.54, 1.807) is 0 Å². The van der Waals surface area contributed by atoms with Crippen molar-refractivity contribution in [2.24, 2.45) is 0 Å². The Balaban J connectivity index is 1.50. The lowest BCUT2D eigenvalue weighted by atomic mass is 10.1. The van der Waals surface area contributed by atoms with E-state index in [1.165, 1.54) is 0 Å². The summed E-state index contributed by atoms with van der Waals surface area (Å²) in [5, 5.41) is 0. The third-order valence-electron chi connectivity index (χ3n) is 3.87. The third-order valence-corrected chi connectivity index (χ3v) is 3.87. The summed E-state index contributed by atoms with van der Waals surface area (Å²) in [6.45, 7) is 2.24. The number of amides is 1. The summed E-state index contributed by atoms with van der Waals surface area (Å²) in [7, 11) is 0. The molecule has 0 aliphatic carbocycles. The van der Waals surface area contributed by atoms with Crippen molar-refractivity contribution in [3.63, 3.8) is 0 Å². The molecule has 23 heavy (non-hydrogen) atoms. The van der Waals surface area contributed by atoms with Crippen LogP contribution in [0.4, 0.5) is 0 Å². The lowest BCUT2D eigenvalue weighted by Crippen LogP contribution is -2.48. The van der Waals surface area contributed by atoms with E-state index in [9.17, 15) is 4.79 Å². The van der Waals surface area contributed by atoms with Crippen LogP contribution in [-0.4, -0.2) is 43.2 Å². The van der Waals surface area contributed by atoms with Gasteiger partial charge in [0.1, 0.15) is 18.5 Å². The average Bonchev–Trinajstić information content (AvgIpc) is 2.62. The molecule has 1 aliphatic heterocycles. The van der Waals surface area contributed by atoms with Gasteiger partial charge < -0.3 is 14.4 Å². The summed E-state index contributed by atoms with van der Waals surface area (Å²) >= 11 is 0. The van der Waals surface area contributed by atoms with Gasteiger partial charge >= 0.3 is 0 Å². The number of morpholine rings is 1. The molecule has 1 amide bonds. The van der Waals surface area contributed by atoms with E-state index in [2.05, 4.69) is 0 Å². The Morgan fingerprint density at radius 2 is 1.78 bits per heavy atom.